The van der Waals surface area contributed by atoms with E-state index in [0.29, 0.717) is 17.5 Å². The topological polar surface area (TPSA) is 15.3 Å². The third-order valence-corrected chi connectivity index (χ3v) is 4.87. The van der Waals surface area contributed by atoms with Crippen molar-refractivity contribution in [3.05, 3.63) is 35.4 Å². The summed E-state index contributed by atoms with van der Waals surface area (Å²) < 4.78 is 0. The van der Waals surface area contributed by atoms with Gasteiger partial charge in [-0.15, -0.1) is 0 Å². The summed E-state index contributed by atoms with van der Waals surface area (Å²) in [5.41, 5.74) is 3.20. The van der Waals surface area contributed by atoms with Crippen LogP contribution >= 0.6 is 0 Å². The summed E-state index contributed by atoms with van der Waals surface area (Å²) in [5.74, 6) is 0. The predicted molar refractivity (Wildman–Crippen MR) is 91.6 cm³/mol. The number of benzene rings is 1. The van der Waals surface area contributed by atoms with Crippen molar-refractivity contribution in [1.29, 1.82) is 0 Å². The first-order valence-corrected chi connectivity index (χ1v) is 8.49. The summed E-state index contributed by atoms with van der Waals surface area (Å²) in [6.45, 7) is 14.9. The molecular weight excluding hydrogens is 256 g/mol. The molecule has 0 radical (unpaired) electrons. The van der Waals surface area contributed by atoms with Crippen molar-refractivity contribution in [3.8, 4) is 0 Å². The smallest absolute Gasteiger partial charge is 0.0244 e. The average molecular weight is 288 g/mol. The van der Waals surface area contributed by atoms with E-state index in [1.54, 1.807) is 0 Å². The Morgan fingerprint density at radius 2 is 1.71 bits per heavy atom. The van der Waals surface area contributed by atoms with Crippen molar-refractivity contribution in [2.75, 3.05) is 13.1 Å². The first-order valence-electron chi connectivity index (χ1n) is 8.49. The maximum atomic E-state index is 3.75. The molecule has 2 heteroatoms. The van der Waals surface area contributed by atoms with E-state index in [-0.39, 0.29) is 0 Å². The van der Waals surface area contributed by atoms with Gasteiger partial charge in [-0.2, -0.15) is 0 Å². The quantitative estimate of drug-likeness (QED) is 0.905. The molecular formula is C19H32N2. The number of nitrogens with zero attached hydrogens (tertiary/aromatic N) is 1. The zero-order valence-electron chi connectivity index (χ0n) is 14.4. The van der Waals surface area contributed by atoms with E-state index < -0.39 is 0 Å². The van der Waals surface area contributed by atoms with E-state index in [1.807, 2.05) is 0 Å². The van der Waals surface area contributed by atoms with Gasteiger partial charge in [0, 0.05) is 31.7 Å². The maximum Gasteiger partial charge on any atom is 0.0244 e. The summed E-state index contributed by atoms with van der Waals surface area (Å²) in [7, 11) is 0. The molecule has 1 aliphatic rings. The predicted octanol–water partition coefficient (Wildman–Crippen LogP) is 3.85. The Morgan fingerprint density at radius 3 is 2.24 bits per heavy atom. The van der Waals surface area contributed by atoms with E-state index in [1.165, 1.54) is 17.5 Å². The van der Waals surface area contributed by atoms with Crippen LogP contribution in [-0.4, -0.2) is 30.1 Å². The fourth-order valence-electron chi connectivity index (χ4n) is 3.15. The molecule has 0 amide bonds. The molecule has 2 nitrogen and oxygen atoms in total. The van der Waals surface area contributed by atoms with Crippen molar-refractivity contribution >= 4 is 0 Å². The highest BCUT2D eigenvalue weighted by Gasteiger charge is 2.33. The van der Waals surface area contributed by atoms with Crippen LogP contribution in [0.25, 0.3) is 0 Å². The zero-order chi connectivity index (χ0) is 15.5. The van der Waals surface area contributed by atoms with Crippen molar-refractivity contribution in [3.63, 3.8) is 0 Å². The minimum absolute atomic E-state index is 0.322. The maximum absolute atomic E-state index is 3.75. The zero-order valence-corrected chi connectivity index (χ0v) is 14.4. The first-order chi connectivity index (χ1) is 9.94. The van der Waals surface area contributed by atoms with Gasteiger partial charge in [-0.3, -0.25) is 4.90 Å². The number of hydrogen-bond acceptors (Lipinski definition) is 2. The highest BCUT2D eigenvalue weighted by Crippen LogP contribution is 2.25. The standard InChI is InChI=1S/C19H32N2/c1-6-15-8-10-16(11-9-15)13-21-14-18(19(3,4)5)20-12-17(21)7-2/h8-11,17-18,20H,6-7,12-14H2,1-5H3. The van der Waals surface area contributed by atoms with Crippen molar-refractivity contribution in [2.45, 2.75) is 66.1 Å². The lowest BCUT2D eigenvalue weighted by atomic mass is 9.84. The van der Waals surface area contributed by atoms with Gasteiger partial charge in [-0.1, -0.05) is 58.9 Å². The largest absolute Gasteiger partial charge is 0.311 e. The molecule has 1 aromatic carbocycles. The van der Waals surface area contributed by atoms with Crippen LogP contribution in [0, 0.1) is 5.41 Å². The van der Waals surface area contributed by atoms with Crippen LogP contribution in [0.5, 0.6) is 0 Å². The highest BCUT2D eigenvalue weighted by molar-refractivity contribution is 5.22. The summed E-state index contributed by atoms with van der Waals surface area (Å²) in [6, 6.07) is 10.4. The third kappa shape index (κ3) is 4.31. The molecule has 1 N–H and O–H groups in total. The molecule has 118 valence electrons. The summed E-state index contributed by atoms with van der Waals surface area (Å²) in [5, 5.41) is 3.75. The molecule has 2 rings (SSSR count). The van der Waals surface area contributed by atoms with Gasteiger partial charge >= 0.3 is 0 Å². The molecule has 21 heavy (non-hydrogen) atoms. The second-order valence-electron chi connectivity index (χ2n) is 7.49. The molecule has 1 saturated heterocycles. The summed E-state index contributed by atoms with van der Waals surface area (Å²) in [4.78, 5) is 2.67. The molecule has 0 bridgehead atoms. The molecule has 1 aromatic rings. The monoisotopic (exact) mass is 288 g/mol. The lowest BCUT2D eigenvalue weighted by molar-refractivity contribution is 0.0775. The minimum Gasteiger partial charge on any atom is -0.311 e. The molecule has 2 atom stereocenters. The molecule has 1 heterocycles. The number of aryl methyl sites for hydroxylation is 1. The summed E-state index contributed by atoms with van der Waals surface area (Å²) >= 11 is 0. The lowest BCUT2D eigenvalue weighted by Gasteiger charge is -2.45. The molecule has 0 aromatic heterocycles. The normalized spacial score (nSPS) is 24.2. The number of piperazine rings is 1. The van der Waals surface area contributed by atoms with Gasteiger partial charge in [0.1, 0.15) is 0 Å². The highest BCUT2D eigenvalue weighted by atomic mass is 15.2. The molecule has 2 unspecified atom stereocenters. The van der Waals surface area contributed by atoms with E-state index in [4.69, 9.17) is 0 Å². The Kier molecular flexibility index (Phi) is 5.45. The number of nitrogens with one attached hydrogen (secondary N) is 1. The van der Waals surface area contributed by atoms with Crippen LogP contribution in [-0.2, 0) is 13.0 Å². The van der Waals surface area contributed by atoms with Gasteiger partial charge in [-0.25, -0.2) is 0 Å². The Labute approximate surface area is 130 Å². The molecule has 1 fully saturated rings. The van der Waals surface area contributed by atoms with Gasteiger partial charge in [0.25, 0.3) is 0 Å². The van der Waals surface area contributed by atoms with Crippen LogP contribution in [0.4, 0.5) is 0 Å². The first kappa shape index (κ1) is 16.5. The second kappa shape index (κ2) is 6.93. The number of rotatable bonds is 4. The van der Waals surface area contributed by atoms with Crippen LogP contribution in [0.1, 0.15) is 52.2 Å². The van der Waals surface area contributed by atoms with E-state index in [0.717, 1.165) is 26.1 Å². The van der Waals surface area contributed by atoms with Gasteiger partial charge in [-0.05, 0) is 29.4 Å². The van der Waals surface area contributed by atoms with Crippen LogP contribution in [0.3, 0.4) is 0 Å². The fraction of sp³-hybridized carbons (Fsp3) is 0.684. The van der Waals surface area contributed by atoms with Gasteiger partial charge in [0.15, 0.2) is 0 Å². The Bertz CT molecular complexity index is 430. The van der Waals surface area contributed by atoms with E-state index in [2.05, 4.69) is 69.1 Å². The summed E-state index contributed by atoms with van der Waals surface area (Å²) in [6.07, 6.45) is 2.34. The fourth-order valence-corrected chi connectivity index (χ4v) is 3.15. The van der Waals surface area contributed by atoms with Crippen LogP contribution in [0.2, 0.25) is 0 Å². The van der Waals surface area contributed by atoms with Crippen molar-refractivity contribution < 1.29 is 0 Å². The number of hydrogen-bond donors (Lipinski definition) is 1. The van der Waals surface area contributed by atoms with Crippen molar-refractivity contribution in [2.24, 2.45) is 5.41 Å². The van der Waals surface area contributed by atoms with Gasteiger partial charge in [0.05, 0.1) is 0 Å². The molecule has 0 aliphatic carbocycles. The molecule has 1 aliphatic heterocycles. The van der Waals surface area contributed by atoms with Crippen LogP contribution < -0.4 is 5.32 Å². The molecule has 0 spiro atoms. The van der Waals surface area contributed by atoms with Gasteiger partial charge in [0.2, 0.25) is 0 Å². The Morgan fingerprint density at radius 1 is 1.10 bits per heavy atom. The third-order valence-electron chi connectivity index (χ3n) is 4.87. The van der Waals surface area contributed by atoms with E-state index >= 15 is 0 Å². The Hall–Kier alpha value is -0.860. The van der Waals surface area contributed by atoms with Crippen LogP contribution in [0.15, 0.2) is 24.3 Å². The molecule has 0 saturated carbocycles. The van der Waals surface area contributed by atoms with Crippen molar-refractivity contribution in [1.82, 2.24) is 10.2 Å². The lowest BCUT2D eigenvalue weighted by Crippen LogP contribution is -2.59. The van der Waals surface area contributed by atoms with Gasteiger partial charge < -0.3 is 5.32 Å². The average Bonchev–Trinajstić information content (AvgIpc) is 2.47. The minimum atomic E-state index is 0.322. The Balaban J connectivity index is 2.06. The second-order valence-corrected chi connectivity index (χ2v) is 7.49. The van der Waals surface area contributed by atoms with E-state index in [9.17, 15) is 0 Å². The SMILES string of the molecule is CCc1ccc(CN2CC(C(C)(C)C)NCC2CC)cc1.